The van der Waals surface area contributed by atoms with E-state index in [1.165, 1.54) is 6.07 Å². The third-order valence-electron chi connectivity index (χ3n) is 2.43. The molecule has 15 heavy (non-hydrogen) atoms. The summed E-state index contributed by atoms with van der Waals surface area (Å²) in [7, 11) is -0.859. The first-order chi connectivity index (χ1) is 7.09. The van der Waals surface area contributed by atoms with Crippen molar-refractivity contribution >= 4 is 26.6 Å². The first-order valence-electron chi connectivity index (χ1n) is 4.41. The molecule has 0 aromatic heterocycles. The number of nitrogens with zero attached hydrogens (tertiary/aromatic N) is 1. The Morgan fingerprint density at radius 3 is 2.67 bits per heavy atom. The second-order valence-corrected chi connectivity index (χ2v) is 6.21. The predicted octanol–water partition coefficient (Wildman–Crippen LogP) is 3.38. The Hall–Kier alpha value is -0.730. The van der Waals surface area contributed by atoms with Crippen LogP contribution in [-0.4, -0.2) is 4.75 Å². The zero-order chi connectivity index (χ0) is 11.1. The molecule has 2 rings (SSSR count). The van der Waals surface area contributed by atoms with E-state index in [2.05, 4.69) is 22.0 Å². The molecule has 1 aromatic rings. The fourth-order valence-corrected chi connectivity index (χ4v) is 3.33. The third-order valence-corrected chi connectivity index (χ3v) is 5.04. The van der Waals surface area contributed by atoms with Crippen molar-refractivity contribution in [2.45, 2.75) is 22.5 Å². The van der Waals surface area contributed by atoms with Crippen LogP contribution in [0.15, 0.2) is 27.6 Å². The van der Waals surface area contributed by atoms with Crippen LogP contribution in [0, 0.1) is 21.9 Å². The second-order valence-electron chi connectivity index (χ2n) is 3.49. The summed E-state index contributed by atoms with van der Waals surface area (Å²) < 4.78 is 20.9. The number of hydrogen-bond donors (Lipinski definition) is 1. The minimum atomic E-state index is -0.859. The van der Waals surface area contributed by atoms with E-state index in [0.717, 1.165) is 17.7 Å². The molecule has 1 N–H and O–H groups in total. The molecule has 1 fully saturated rings. The van der Waals surface area contributed by atoms with Crippen LogP contribution in [0.25, 0.3) is 0 Å². The van der Waals surface area contributed by atoms with Crippen LogP contribution >= 0.6 is 15.9 Å². The summed E-state index contributed by atoms with van der Waals surface area (Å²) in [6.07, 6.45) is 1.57. The van der Waals surface area contributed by atoms with Crippen LogP contribution in [0.2, 0.25) is 0 Å². The van der Waals surface area contributed by atoms with Gasteiger partial charge in [0.15, 0.2) is 0 Å². The third kappa shape index (κ3) is 1.84. The van der Waals surface area contributed by atoms with Gasteiger partial charge in [-0.1, -0.05) is 10.7 Å². The van der Waals surface area contributed by atoms with Crippen LogP contribution in [0.1, 0.15) is 12.8 Å². The van der Waals surface area contributed by atoms with Crippen molar-refractivity contribution in [1.82, 2.24) is 0 Å². The Balaban J connectivity index is 2.36. The molecule has 5 heteroatoms. The van der Waals surface area contributed by atoms with Gasteiger partial charge in [-0.25, -0.2) is 4.39 Å². The van der Waals surface area contributed by atoms with Crippen molar-refractivity contribution in [3.63, 3.8) is 0 Å². The topological polar surface area (TPSA) is 47.6 Å². The first kappa shape index (κ1) is 10.8. The van der Waals surface area contributed by atoms with Gasteiger partial charge in [0.1, 0.15) is 10.6 Å². The summed E-state index contributed by atoms with van der Waals surface area (Å²) in [4.78, 5) is 0.724. The molecule has 1 unspecified atom stereocenters. The van der Waals surface area contributed by atoms with E-state index in [1.807, 2.05) is 0 Å². The smallest absolute Gasteiger partial charge is 0.137 e. The van der Waals surface area contributed by atoms with Gasteiger partial charge in [-0.2, -0.15) is 5.26 Å². The molecule has 1 saturated carbocycles. The highest BCUT2D eigenvalue weighted by molar-refractivity contribution is 9.10. The lowest BCUT2D eigenvalue weighted by molar-refractivity contribution is 0.619. The molecule has 1 aromatic carbocycles. The molecule has 0 heterocycles. The highest BCUT2D eigenvalue weighted by atomic mass is 79.9. The molecule has 78 valence electrons. The molecule has 1 aliphatic rings. The zero-order valence-electron chi connectivity index (χ0n) is 7.76. The molecular formula is C10H8BrFN2S. The summed E-state index contributed by atoms with van der Waals surface area (Å²) >= 11 is 3.09. The summed E-state index contributed by atoms with van der Waals surface area (Å²) in [5.41, 5.74) is 0. The van der Waals surface area contributed by atoms with Crippen molar-refractivity contribution in [2.24, 2.45) is 0 Å². The summed E-state index contributed by atoms with van der Waals surface area (Å²) in [5.74, 6) is -0.336. The maximum atomic E-state index is 13.0. The maximum absolute atomic E-state index is 13.0. The average Bonchev–Trinajstić information content (AvgIpc) is 3.02. The number of nitrogens with one attached hydrogen (secondary N) is 1. The molecule has 0 spiro atoms. The van der Waals surface area contributed by atoms with Crippen LogP contribution in [-0.2, 0) is 10.7 Å². The standard InChI is InChI=1S/C10H8BrFN2S/c11-8-5-7(1-2-9(8)12)15(14)10(6-13)3-4-10/h1-2,5,14H,3-4H2. The highest BCUT2D eigenvalue weighted by Gasteiger charge is 2.47. The fraction of sp³-hybridized carbons (Fsp3) is 0.300. The van der Waals surface area contributed by atoms with Crippen LogP contribution < -0.4 is 0 Å². The predicted molar refractivity (Wildman–Crippen MR) is 60.0 cm³/mol. The molecule has 1 atom stereocenters. The summed E-state index contributed by atoms with van der Waals surface area (Å²) in [5, 5.41) is 8.96. The Bertz CT molecular complexity index is 477. The Morgan fingerprint density at radius 1 is 1.53 bits per heavy atom. The lowest BCUT2D eigenvalue weighted by Crippen LogP contribution is -2.12. The molecule has 1 aliphatic carbocycles. The number of rotatable bonds is 2. The van der Waals surface area contributed by atoms with Crippen molar-refractivity contribution in [3.8, 4) is 6.07 Å². The van der Waals surface area contributed by atoms with Crippen molar-refractivity contribution in [3.05, 3.63) is 28.5 Å². The molecule has 0 aliphatic heterocycles. The average molecular weight is 287 g/mol. The molecule has 0 bridgehead atoms. The van der Waals surface area contributed by atoms with Crippen LogP contribution in [0.5, 0.6) is 0 Å². The van der Waals surface area contributed by atoms with Gasteiger partial charge >= 0.3 is 0 Å². The molecule has 0 amide bonds. The summed E-state index contributed by atoms with van der Waals surface area (Å²) in [6, 6.07) is 6.73. The monoisotopic (exact) mass is 286 g/mol. The van der Waals surface area contributed by atoms with Gasteiger partial charge in [-0.3, -0.25) is 4.78 Å². The SMILES string of the molecule is N#CC1(S(=N)c2ccc(F)c(Br)c2)CC1. The Morgan fingerprint density at radius 2 is 2.20 bits per heavy atom. The minimum absolute atomic E-state index is 0.336. The van der Waals surface area contributed by atoms with Gasteiger partial charge in [-0.15, -0.1) is 0 Å². The van der Waals surface area contributed by atoms with E-state index < -0.39 is 15.4 Å². The zero-order valence-corrected chi connectivity index (χ0v) is 10.2. The van der Waals surface area contributed by atoms with Crippen molar-refractivity contribution in [1.29, 1.82) is 10.0 Å². The van der Waals surface area contributed by atoms with Gasteiger partial charge in [-0.05, 0) is 47.0 Å². The van der Waals surface area contributed by atoms with E-state index in [9.17, 15) is 4.39 Å². The number of halogens is 2. The number of hydrogen-bond acceptors (Lipinski definition) is 2. The normalized spacial score (nSPS) is 19.3. The van der Waals surface area contributed by atoms with Crippen LogP contribution in [0.3, 0.4) is 0 Å². The van der Waals surface area contributed by atoms with Gasteiger partial charge in [0.2, 0.25) is 0 Å². The largest absolute Gasteiger partial charge is 0.274 e. The quantitative estimate of drug-likeness (QED) is 0.890. The maximum Gasteiger partial charge on any atom is 0.137 e. The fourth-order valence-electron chi connectivity index (χ4n) is 1.30. The Kier molecular flexibility index (Phi) is 2.65. The highest BCUT2D eigenvalue weighted by Crippen LogP contribution is 2.44. The lowest BCUT2D eigenvalue weighted by Gasteiger charge is -2.10. The first-order valence-corrected chi connectivity index (χ1v) is 6.43. The Labute approximate surface area is 98.1 Å². The van der Waals surface area contributed by atoms with E-state index in [-0.39, 0.29) is 5.82 Å². The van der Waals surface area contributed by atoms with Gasteiger partial charge in [0.05, 0.1) is 10.5 Å². The van der Waals surface area contributed by atoms with Gasteiger partial charge in [0, 0.05) is 4.90 Å². The number of benzene rings is 1. The molecule has 0 radical (unpaired) electrons. The van der Waals surface area contributed by atoms with Gasteiger partial charge in [0.25, 0.3) is 0 Å². The summed E-state index contributed by atoms with van der Waals surface area (Å²) in [6.45, 7) is 0. The van der Waals surface area contributed by atoms with Crippen molar-refractivity contribution in [2.75, 3.05) is 0 Å². The van der Waals surface area contributed by atoms with E-state index >= 15 is 0 Å². The molecule has 0 saturated heterocycles. The van der Waals surface area contributed by atoms with Crippen molar-refractivity contribution < 1.29 is 4.39 Å². The lowest BCUT2D eigenvalue weighted by atomic mass is 10.3. The van der Waals surface area contributed by atoms with Crippen LogP contribution in [0.4, 0.5) is 4.39 Å². The molecular weight excluding hydrogens is 279 g/mol. The second kappa shape index (κ2) is 3.69. The van der Waals surface area contributed by atoms with Gasteiger partial charge < -0.3 is 0 Å². The van der Waals surface area contributed by atoms with E-state index in [0.29, 0.717) is 4.47 Å². The molecule has 2 nitrogen and oxygen atoms in total. The van der Waals surface area contributed by atoms with E-state index in [4.69, 9.17) is 10.0 Å². The van der Waals surface area contributed by atoms with E-state index in [1.54, 1.807) is 12.1 Å². The number of nitriles is 1. The minimum Gasteiger partial charge on any atom is -0.274 e.